The Labute approximate surface area is 119 Å². The standard InChI is InChI=1S/C18H20N2/c1-12-8-13(2)10-15(9-12)14(3)11-18-19-16-6-4-5-7-17(16)20-18/h4-10,14H,11H2,1-3H3,(H,19,20)/t14-/m0/s1. The van der Waals surface area contributed by atoms with Crippen molar-refractivity contribution in [3.8, 4) is 0 Å². The van der Waals surface area contributed by atoms with Crippen LogP contribution in [-0.2, 0) is 6.42 Å². The number of nitrogens with zero attached hydrogens (tertiary/aromatic N) is 1. The maximum Gasteiger partial charge on any atom is 0.107 e. The summed E-state index contributed by atoms with van der Waals surface area (Å²) in [4.78, 5) is 8.08. The zero-order chi connectivity index (χ0) is 14.1. The topological polar surface area (TPSA) is 28.7 Å². The number of H-pyrrole nitrogens is 1. The molecule has 0 saturated heterocycles. The van der Waals surface area contributed by atoms with Crippen molar-refractivity contribution in [3.63, 3.8) is 0 Å². The second-order valence-corrected chi connectivity index (χ2v) is 5.73. The lowest BCUT2D eigenvalue weighted by molar-refractivity contribution is 0.727. The summed E-state index contributed by atoms with van der Waals surface area (Å²) >= 11 is 0. The largest absolute Gasteiger partial charge is 0.342 e. The Kier molecular flexibility index (Phi) is 3.31. The van der Waals surface area contributed by atoms with Crippen LogP contribution < -0.4 is 0 Å². The minimum absolute atomic E-state index is 0.467. The monoisotopic (exact) mass is 264 g/mol. The molecule has 0 unspecified atom stereocenters. The first-order valence-corrected chi connectivity index (χ1v) is 7.13. The van der Waals surface area contributed by atoms with Crippen LogP contribution in [0.3, 0.4) is 0 Å². The fourth-order valence-electron chi connectivity index (χ4n) is 2.80. The molecule has 0 amide bonds. The minimum atomic E-state index is 0.467. The van der Waals surface area contributed by atoms with Crippen LogP contribution in [0.4, 0.5) is 0 Å². The summed E-state index contributed by atoms with van der Waals surface area (Å²) in [6, 6.07) is 15.0. The zero-order valence-electron chi connectivity index (χ0n) is 12.3. The number of aromatic amines is 1. The van der Waals surface area contributed by atoms with Gasteiger partial charge in [0.25, 0.3) is 0 Å². The maximum absolute atomic E-state index is 4.67. The second-order valence-electron chi connectivity index (χ2n) is 5.73. The first-order chi connectivity index (χ1) is 9.61. The number of fused-ring (bicyclic) bond motifs is 1. The molecular weight excluding hydrogens is 244 g/mol. The van der Waals surface area contributed by atoms with Crippen LogP contribution in [0, 0.1) is 13.8 Å². The average Bonchev–Trinajstić information content (AvgIpc) is 2.79. The molecule has 3 aromatic rings. The molecular formula is C18H20N2. The van der Waals surface area contributed by atoms with Crippen LogP contribution in [-0.4, -0.2) is 9.97 Å². The Balaban J connectivity index is 1.86. The molecule has 0 aliphatic rings. The van der Waals surface area contributed by atoms with Gasteiger partial charge >= 0.3 is 0 Å². The molecule has 1 heterocycles. The van der Waals surface area contributed by atoms with Crippen LogP contribution in [0.15, 0.2) is 42.5 Å². The lowest BCUT2D eigenvalue weighted by Gasteiger charge is -2.12. The molecule has 0 aliphatic heterocycles. The van der Waals surface area contributed by atoms with Gasteiger partial charge in [-0.2, -0.15) is 0 Å². The van der Waals surface area contributed by atoms with E-state index in [0.717, 1.165) is 23.3 Å². The van der Waals surface area contributed by atoms with Crippen molar-refractivity contribution >= 4 is 11.0 Å². The average molecular weight is 264 g/mol. The molecule has 0 fully saturated rings. The van der Waals surface area contributed by atoms with Gasteiger partial charge in [-0.15, -0.1) is 0 Å². The van der Waals surface area contributed by atoms with Crippen LogP contribution >= 0.6 is 0 Å². The van der Waals surface area contributed by atoms with Crippen molar-refractivity contribution in [2.75, 3.05) is 0 Å². The van der Waals surface area contributed by atoms with E-state index < -0.39 is 0 Å². The molecule has 0 spiro atoms. The zero-order valence-corrected chi connectivity index (χ0v) is 12.3. The molecule has 1 aromatic heterocycles. The van der Waals surface area contributed by atoms with Crippen molar-refractivity contribution in [1.82, 2.24) is 9.97 Å². The predicted molar refractivity (Wildman–Crippen MR) is 84.1 cm³/mol. The third-order valence-corrected chi connectivity index (χ3v) is 3.75. The second kappa shape index (κ2) is 5.12. The summed E-state index contributed by atoms with van der Waals surface area (Å²) in [6.45, 7) is 6.58. The molecule has 1 N–H and O–H groups in total. The van der Waals surface area contributed by atoms with Gasteiger partial charge in [0.1, 0.15) is 5.82 Å². The molecule has 2 nitrogen and oxygen atoms in total. The highest BCUT2D eigenvalue weighted by atomic mass is 14.9. The minimum Gasteiger partial charge on any atom is -0.342 e. The van der Waals surface area contributed by atoms with Crippen LogP contribution in [0.1, 0.15) is 35.4 Å². The number of aryl methyl sites for hydroxylation is 2. The third-order valence-electron chi connectivity index (χ3n) is 3.75. The summed E-state index contributed by atoms with van der Waals surface area (Å²) in [5, 5.41) is 0. The van der Waals surface area contributed by atoms with Gasteiger partial charge < -0.3 is 4.98 Å². The lowest BCUT2D eigenvalue weighted by atomic mass is 9.94. The molecule has 1 atom stereocenters. The Morgan fingerprint density at radius 1 is 1.05 bits per heavy atom. The van der Waals surface area contributed by atoms with E-state index >= 15 is 0 Å². The van der Waals surface area contributed by atoms with Gasteiger partial charge in [-0.25, -0.2) is 4.98 Å². The van der Waals surface area contributed by atoms with E-state index in [-0.39, 0.29) is 0 Å². The van der Waals surface area contributed by atoms with E-state index in [2.05, 4.69) is 61.1 Å². The summed E-state index contributed by atoms with van der Waals surface area (Å²) in [7, 11) is 0. The first-order valence-electron chi connectivity index (χ1n) is 7.13. The number of hydrogen-bond donors (Lipinski definition) is 1. The van der Waals surface area contributed by atoms with Gasteiger partial charge in [0.15, 0.2) is 0 Å². The molecule has 0 saturated carbocycles. The molecule has 0 bridgehead atoms. The van der Waals surface area contributed by atoms with Crippen molar-refractivity contribution in [2.24, 2.45) is 0 Å². The van der Waals surface area contributed by atoms with Gasteiger partial charge in [-0.1, -0.05) is 48.4 Å². The Morgan fingerprint density at radius 3 is 2.45 bits per heavy atom. The lowest BCUT2D eigenvalue weighted by Crippen LogP contribution is -2.01. The van der Waals surface area contributed by atoms with Crippen LogP contribution in [0.25, 0.3) is 11.0 Å². The van der Waals surface area contributed by atoms with Gasteiger partial charge in [-0.05, 0) is 37.5 Å². The van der Waals surface area contributed by atoms with Crippen LogP contribution in [0.2, 0.25) is 0 Å². The number of aromatic nitrogens is 2. The smallest absolute Gasteiger partial charge is 0.107 e. The van der Waals surface area contributed by atoms with Crippen LogP contribution in [0.5, 0.6) is 0 Å². The maximum atomic E-state index is 4.67. The highest BCUT2D eigenvalue weighted by Gasteiger charge is 2.10. The summed E-state index contributed by atoms with van der Waals surface area (Å²) in [6.07, 6.45) is 0.942. The molecule has 2 heteroatoms. The Morgan fingerprint density at radius 2 is 1.75 bits per heavy atom. The summed E-state index contributed by atoms with van der Waals surface area (Å²) in [5.41, 5.74) is 6.22. The van der Waals surface area contributed by atoms with Gasteiger partial charge in [-0.3, -0.25) is 0 Å². The number of imidazole rings is 1. The van der Waals surface area contributed by atoms with Crippen molar-refractivity contribution in [2.45, 2.75) is 33.1 Å². The highest BCUT2D eigenvalue weighted by molar-refractivity contribution is 5.74. The normalized spacial score (nSPS) is 12.8. The molecule has 3 rings (SSSR count). The van der Waals surface area contributed by atoms with Crippen molar-refractivity contribution < 1.29 is 0 Å². The molecule has 2 aromatic carbocycles. The van der Waals surface area contributed by atoms with E-state index in [1.165, 1.54) is 16.7 Å². The fraction of sp³-hybridized carbons (Fsp3) is 0.278. The Bertz CT molecular complexity index is 687. The van der Waals surface area contributed by atoms with E-state index in [4.69, 9.17) is 0 Å². The summed E-state index contributed by atoms with van der Waals surface area (Å²) < 4.78 is 0. The van der Waals surface area contributed by atoms with E-state index in [1.54, 1.807) is 0 Å². The van der Waals surface area contributed by atoms with E-state index in [0.29, 0.717) is 5.92 Å². The summed E-state index contributed by atoms with van der Waals surface area (Å²) in [5.74, 6) is 1.53. The third kappa shape index (κ3) is 2.60. The fourth-order valence-corrected chi connectivity index (χ4v) is 2.80. The van der Waals surface area contributed by atoms with E-state index in [9.17, 15) is 0 Å². The van der Waals surface area contributed by atoms with Gasteiger partial charge in [0, 0.05) is 6.42 Å². The van der Waals surface area contributed by atoms with Crippen molar-refractivity contribution in [3.05, 3.63) is 65.0 Å². The molecule has 102 valence electrons. The number of rotatable bonds is 3. The van der Waals surface area contributed by atoms with Gasteiger partial charge in [0.05, 0.1) is 11.0 Å². The quantitative estimate of drug-likeness (QED) is 0.740. The molecule has 0 radical (unpaired) electrons. The molecule has 20 heavy (non-hydrogen) atoms. The number of hydrogen-bond acceptors (Lipinski definition) is 1. The van der Waals surface area contributed by atoms with Crippen molar-refractivity contribution in [1.29, 1.82) is 0 Å². The predicted octanol–water partition coefficient (Wildman–Crippen LogP) is 4.53. The SMILES string of the molecule is Cc1cc(C)cc([C@@H](C)Cc2nc3ccccc3[nH]2)c1. The Hall–Kier alpha value is -2.09. The number of nitrogens with one attached hydrogen (secondary N) is 1. The van der Waals surface area contributed by atoms with Gasteiger partial charge in [0.2, 0.25) is 0 Å². The number of benzene rings is 2. The number of para-hydroxylation sites is 2. The highest BCUT2D eigenvalue weighted by Crippen LogP contribution is 2.23. The molecule has 0 aliphatic carbocycles. The first kappa shape index (κ1) is 12.9. The van der Waals surface area contributed by atoms with E-state index in [1.807, 2.05) is 12.1 Å².